The van der Waals surface area contributed by atoms with Crippen LogP contribution in [-0.4, -0.2) is 24.0 Å². The topological polar surface area (TPSA) is 77.8 Å². The summed E-state index contributed by atoms with van der Waals surface area (Å²) in [7, 11) is 0. The maximum absolute atomic E-state index is 11.5. The van der Waals surface area contributed by atoms with Crippen LogP contribution in [0.3, 0.4) is 0 Å². The van der Waals surface area contributed by atoms with Gasteiger partial charge < -0.3 is 10.6 Å². The predicted molar refractivity (Wildman–Crippen MR) is 80.7 cm³/mol. The summed E-state index contributed by atoms with van der Waals surface area (Å²) in [5.74, 6) is 0.916. The Hall–Kier alpha value is -2.61. The number of nitrogens with zero attached hydrogens (tertiary/aromatic N) is 2. The van der Waals surface area contributed by atoms with Crippen molar-refractivity contribution in [2.45, 2.75) is 12.8 Å². The molecule has 0 atom stereocenters. The molecule has 0 unspecified atom stereocenters. The van der Waals surface area contributed by atoms with E-state index in [2.05, 4.69) is 21.7 Å². The van der Waals surface area contributed by atoms with Gasteiger partial charge in [-0.05, 0) is 25.0 Å². The van der Waals surface area contributed by atoms with Crippen molar-refractivity contribution in [3.8, 4) is 6.07 Å². The Morgan fingerprint density at radius 2 is 2.14 bits per heavy atom. The van der Waals surface area contributed by atoms with Crippen LogP contribution in [-0.2, 0) is 4.79 Å². The first-order valence-electron chi connectivity index (χ1n) is 7.09. The highest BCUT2D eigenvalue weighted by Gasteiger charge is 2.28. The van der Waals surface area contributed by atoms with Gasteiger partial charge in [-0.25, -0.2) is 4.98 Å². The number of hydrogen-bond donors (Lipinski definition) is 2. The maximum atomic E-state index is 11.5. The first kappa shape index (κ1) is 13.4. The van der Waals surface area contributed by atoms with E-state index >= 15 is 0 Å². The third-order valence-electron chi connectivity index (χ3n) is 3.51. The smallest absolute Gasteiger partial charge is 0.223 e. The van der Waals surface area contributed by atoms with E-state index in [4.69, 9.17) is 0 Å². The Morgan fingerprint density at radius 1 is 1.33 bits per heavy atom. The van der Waals surface area contributed by atoms with Gasteiger partial charge in [0, 0.05) is 24.4 Å². The molecular weight excluding hydrogens is 264 g/mol. The van der Waals surface area contributed by atoms with Gasteiger partial charge in [0.2, 0.25) is 5.91 Å². The van der Waals surface area contributed by atoms with Crippen molar-refractivity contribution >= 4 is 22.6 Å². The molecule has 5 heteroatoms. The second-order valence-electron chi connectivity index (χ2n) is 5.18. The number of anilines is 1. The average Bonchev–Trinajstić information content (AvgIpc) is 3.35. The van der Waals surface area contributed by atoms with Crippen molar-refractivity contribution in [2.24, 2.45) is 5.92 Å². The number of fused-ring (bicyclic) bond motifs is 1. The van der Waals surface area contributed by atoms with Gasteiger partial charge in [-0.3, -0.25) is 4.79 Å². The molecule has 21 heavy (non-hydrogen) atoms. The minimum atomic E-state index is 0.128. The minimum Gasteiger partial charge on any atom is -0.367 e. The van der Waals surface area contributed by atoms with E-state index in [9.17, 15) is 10.1 Å². The first-order chi connectivity index (χ1) is 10.3. The Bertz CT molecular complexity index is 716. The quantitative estimate of drug-likeness (QED) is 0.822. The predicted octanol–water partition coefficient (Wildman–Crippen LogP) is 2.04. The fraction of sp³-hybridized carbons (Fsp3) is 0.312. The molecule has 1 aromatic carbocycles. The van der Waals surface area contributed by atoms with Gasteiger partial charge in [-0.15, -0.1) is 0 Å². The zero-order valence-corrected chi connectivity index (χ0v) is 11.6. The molecule has 106 valence electrons. The number of carbonyl (C=O) groups is 1. The molecule has 2 N–H and O–H groups in total. The van der Waals surface area contributed by atoms with Crippen molar-refractivity contribution in [1.82, 2.24) is 10.3 Å². The third kappa shape index (κ3) is 3.11. The van der Waals surface area contributed by atoms with Crippen LogP contribution < -0.4 is 10.6 Å². The molecule has 0 spiro atoms. The first-order valence-corrected chi connectivity index (χ1v) is 7.09. The number of benzene rings is 1. The fourth-order valence-electron chi connectivity index (χ4n) is 2.19. The van der Waals surface area contributed by atoms with Crippen LogP contribution in [0.1, 0.15) is 18.4 Å². The highest BCUT2D eigenvalue weighted by molar-refractivity contribution is 5.83. The van der Waals surface area contributed by atoms with Crippen LogP contribution in [0.5, 0.6) is 0 Å². The minimum absolute atomic E-state index is 0.128. The lowest BCUT2D eigenvalue weighted by molar-refractivity contribution is -0.122. The Morgan fingerprint density at radius 3 is 2.90 bits per heavy atom. The molecule has 2 aromatic rings. The van der Waals surface area contributed by atoms with E-state index in [1.165, 1.54) is 0 Å². The Kier molecular flexibility index (Phi) is 3.69. The van der Waals surface area contributed by atoms with E-state index in [0.29, 0.717) is 24.5 Å². The molecule has 0 radical (unpaired) electrons. The second-order valence-corrected chi connectivity index (χ2v) is 5.18. The van der Waals surface area contributed by atoms with Crippen molar-refractivity contribution in [2.75, 3.05) is 18.4 Å². The van der Waals surface area contributed by atoms with Gasteiger partial charge in [-0.2, -0.15) is 5.26 Å². The Balaban J connectivity index is 1.65. The van der Waals surface area contributed by atoms with Gasteiger partial charge in [0.25, 0.3) is 0 Å². The molecule has 1 aliphatic rings. The summed E-state index contributed by atoms with van der Waals surface area (Å²) in [5.41, 5.74) is 1.36. The summed E-state index contributed by atoms with van der Waals surface area (Å²) < 4.78 is 0. The summed E-state index contributed by atoms with van der Waals surface area (Å²) >= 11 is 0. The standard InChI is InChI=1S/C16H16N4O/c17-10-13-9-12-3-1-2-4-14(12)20-15(13)18-7-8-19-16(21)11-5-6-11/h1-4,9,11H,5-8H2,(H,18,20)(H,19,21). The number of para-hydroxylation sites is 1. The molecule has 1 amide bonds. The van der Waals surface area contributed by atoms with E-state index < -0.39 is 0 Å². The summed E-state index contributed by atoms with van der Waals surface area (Å²) in [6.07, 6.45) is 2.01. The maximum Gasteiger partial charge on any atom is 0.223 e. The summed E-state index contributed by atoms with van der Waals surface area (Å²) in [4.78, 5) is 16.0. The highest BCUT2D eigenvalue weighted by Crippen LogP contribution is 2.28. The Labute approximate surface area is 123 Å². The van der Waals surface area contributed by atoms with Crippen molar-refractivity contribution in [3.05, 3.63) is 35.9 Å². The van der Waals surface area contributed by atoms with E-state index in [-0.39, 0.29) is 11.8 Å². The molecule has 1 heterocycles. The van der Waals surface area contributed by atoms with Gasteiger partial charge >= 0.3 is 0 Å². The average molecular weight is 280 g/mol. The molecular formula is C16H16N4O. The third-order valence-corrected chi connectivity index (χ3v) is 3.51. The van der Waals surface area contributed by atoms with E-state index in [1.54, 1.807) is 0 Å². The van der Waals surface area contributed by atoms with Crippen LogP contribution >= 0.6 is 0 Å². The van der Waals surface area contributed by atoms with Crippen molar-refractivity contribution < 1.29 is 4.79 Å². The molecule has 1 fully saturated rings. The summed E-state index contributed by atoms with van der Waals surface area (Å²) in [6, 6.07) is 11.7. The normalized spacial score (nSPS) is 13.7. The molecule has 0 saturated heterocycles. The van der Waals surface area contributed by atoms with Crippen molar-refractivity contribution in [1.29, 1.82) is 5.26 Å². The van der Waals surface area contributed by atoms with Crippen LogP contribution in [0.4, 0.5) is 5.82 Å². The molecule has 1 aromatic heterocycles. The molecule has 5 nitrogen and oxygen atoms in total. The molecule has 0 aliphatic heterocycles. The zero-order chi connectivity index (χ0) is 14.7. The van der Waals surface area contributed by atoms with Crippen LogP contribution in [0, 0.1) is 17.2 Å². The second kappa shape index (κ2) is 5.80. The monoisotopic (exact) mass is 280 g/mol. The highest BCUT2D eigenvalue weighted by atomic mass is 16.2. The molecule has 0 bridgehead atoms. The largest absolute Gasteiger partial charge is 0.367 e. The van der Waals surface area contributed by atoms with Crippen LogP contribution in [0.25, 0.3) is 10.9 Å². The number of pyridine rings is 1. The lowest BCUT2D eigenvalue weighted by atomic mass is 10.1. The molecule has 3 rings (SSSR count). The van der Waals surface area contributed by atoms with Gasteiger partial charge in [0.05, 0.1) is 11.1 Å². The number of carbonyl (C=O) groups excluding carboxylic acids is 1. The molecule has 1 aliphatic carbocycles. The van der Waals surface area contributed by atoms with Crippen LogP contribution in [0.15, 0.2) is 30.3 Å². The lowest BCUT2D eigenvalue weighted by Gasteiger charge is -2.09. The van der Waals surface area contributed by atoms with Gasteiger partial charge in [0.15, 0.2) is 0 Å². The van der Waals surface area contributed by atoms with Crippen molar-refractivity contribution in [3.63, 3.8) is 0 Å². The fourth-order valence-corrected chi connectivity index (χ4v) is 2.19. The molecule has 1 saturated carbocycles. The number of nitriles is 1. The van der Waals surface area contributed by atoms with E-state index in [1.807, 2.05) is 30.3 Å². The van der Waals surface area contributed by atoms with Gasteiger partial charge in [-0.1, -0.05) is 18.2 Å². The SMILES string of the molecule is N#Cc1cc2ccccc2nc1NCCNC(=O)C1CC1. The number of amides is 1. The lowest BCUT2D eigenvalue weighted by Crippen LogP contribution is -2.30. The summed E-state index contributed by atoms with van der Waals surface area (Å²) in [5, 5.41) is 16.1. The van der Waals surface area contributed by atoms with Gasteiger partial charge in [0.1, 0.15) is 11.9 Å². The van der Waals surface area contributed by atoms with Crippen LogP contribution in [0.2, 0.25) is 0 Å². The van der Waals surface area contributed by atoms with E-state index in [0.717, 1.165) is 23.7 Å². The number of hydrogen-bond acceptors (Lipinski definition) is 4. The zero-order valence-electron chi connectivity index (χ0n) is 11.6. The number of rotatable bonds is 5. The number of aromatic nitrogens is 1. The number of nitrogens with one attached hydrogen (secondary N) is 2. The summed E-state index contributed by atoms with van der Waals surface area (Å²) in [6.45, 7) is 1.09.